The molecule has 1 N–H and O–H groups in total. The van der Waals surface area contributed by atoms with Gasteiger partial charge in [0.05, 0.1) is 6.85 Å². The molecule has 0 fully saturated rings. The zero-order valence-corrected chi connectivity index (χ0v) is 5.53. The fraction of sp³-hybridized carbons (Fsp3) is 0. The highest BCUT2D eigenvalue weighted by molar-refractivity contribution is 6.69. The maximum absolute atomic E-state index is 8.41. The van der Waals surface area contributed by atoms with Crippen molar-refractivity contribution in [1.29, 1.82) is 0 Å². The quantitative estimate of drug-likeness (QED) is 0.381. The standard InChI is InChI=1S/C7H6ClNO/c8-7(9-10)6-4-2-1-3-5-6/h1-5,10H/b9-7-/i1D,2D,3D,4D,5D. The highest BCUT2D eigenvalue weighted by Gasteiger charge is 1.95. The molecule has 0 radical (unpaired) electrons. The number of benzene rings is 1. The van der Waals surface area contributed by atoms with Crippen LogP contribution in [-0.4, -0.2) is 10.4 Å². The van der Waals surface area contributed by atoms with Crippen molar-refractivity contribution < 1.29 is 12.1 Å². The summed E-state index contributed by atoms with van der Waals surface area (Å²) < 4.78 is 36.7. The third-order valence-electron chi connectivity index (χ3n) is 0.794. The Morgan fingerprint density at radius 2 is 2.10 bits per heavy atom. The number of rotatable bonds is 1. The molecule has 52 valence electrons. The molecule has 0 spiro atoms. The first-order valence-electron chi connectivity index (χ1n) is 4.86. The molecular weight excluding hydrogens is 150 g/mol. The topological polar surface area (TPSA) is 32.6 Å². The second-order valence-corrected chi connectivity index (χ2v) is 1.75. The van der Waals surface area contributed by atoms with E-state index in [1.54, 1.807) is 0 Å². The fourth-order valence-corrected chi connectivity index (χ4v) is 0.498. The molecule has 0 aliphatic rings. The van der Waals surface area contributed by atoms with E-state index in [4.69, 9.17) is 23.7 Å². The van der Waals surface area contributed by atoms with E-state index in [2.05, 4.69) is 5.16 Å². The van der Waals surface area contributed by atoms with Crippen molar-refractivity contribution in [2.45, 2.75) is 0 Å². The van der Waals surface area contributed by atoms with Crippen molar-refractivity contribution in [2.75, 3.05) is 0 Å². The van der Waals surface area contributed by atoms with Gasteiger partial charge in [-0.25, -0.2) is 0 Å². The molecule has 10 heavy (non-hydrogen) atoms. The van der Waals surface area contributed by atoms with E-state index in [1.807, 2.05) is 0 Å². The van der Waals surface area contributed by atoms with E-state index in [9.17, 15) is 0 Å². The Hall–Kier alpha value is -1.02. The zero-order valence-electron chi connectivity index (χ0n) is 9.77. The van der Waals surface area contributed by atoms with Gasteiger partial charge >= 0.3 is 0 Å². The van der Waals surface area contributed by atoms with Crippen molar-refractivity contribution in [3.05, 3.63) is 35.8 Å². The van der Waals surface area contributed by atoms with Crippen molar-refractivity contribution in [3.8, 4) is 0 Å². The van der Waals surface area contributed by atoms with Crippen LogP contribution in [0.1, 0.15) is 12.4 Å². The van der Waals surface area contributed by atoms with Crippen LogP contribution >= 0.6 is 11.6 Å². The zero-order chi connectivity index (χ0) is 11.7. The Morgan fingerprint density at radius 3 is 2.60 bits per heavy atom. The summed E-state index contributed by atoms with van der Waals surface area (Å²) in [5, 5.41) is 10.5. The maximum Gasteiger partial charge on any atom is 0.175 e. The van der Waals surface area contributed by atoms with Gasteiger partial charge in [0.15, 0.2) is 5.17 Å². The van der Waals surface area contributed by atoms with Crippen LogP contribution in [-0.2, 0) is 0 Å². The molecule has 0 aliphatic heterocycles. The van der Waals surface area contributed by atoms with E-state index in [0.717, 1.165) is 0 Å². The summed E-state index contributed by atoms with van der Waals surface area (Å²) in [6.07, 6.45) is 0. The van der Waals surface area contributed by atoms with Gasteiger partial charge in [-0.2, -0.15) is 0 Å². The molecule has 0 aliphatic carbocycles. The Balaban J connectivity index is 3.67. The molecular formula is C7H6ClNO. The lowest BCUT2D eigenvalue weighted by Gasteiger charge is -1.91. The van der Waals surface area contributed by atoms with Crippen LogP contribution in [0.5, 0.6) is 0 Å². The molecule has 1 aromatic rings. The first-order chi connectivity index (χ1) is 6.91. The lowest BCUT2D eigenvalue weighted by atomic mass is 10.2. The fourth-order valence-electron chi connectivity index (χ4n) is 0.403. The molecule has 1 aromatic carbocycles. The third-order valence-corrected chi connectivity index (χ3v) is 1.06. The first kappa shape index (κ1) is 2.93. The van der Waals surface area contributed by atoms with Gasteiger partial charge in [-0.3, -0.25) is 0 Å². The van der Waals surface area contributed by atoms with Crippen LogP contribution in [0, 0.1) is 0 Å². The van der Waals surface area contributed by atoms with E-state index < -0.39 is 35.4 Å². The largest absolute Gasteiger partial charge is 0.410 e. The highest BCUT2D eigenvalue weighted by Crippen LogP contribution is 2.02. The SMILES string of the molecule is [2H]c1c([2H])c([2H])c(/C(Cl)=N/O)c([2H])c1[2H]. The van der Waals surface area contributed by atoms with Crippen molar-refractivity contribution in [3.63, 3.8) is 0 Å². The molecule has 0 unspecified atom stereocenters. The molecule has 2 nitrogen and oxygen atoms in total. The van der Waals surface area contributed by atoms with Crippen LogP contribution in [0.15, 0.2) is 35.4 Å². The normalized spacial score (nSPS) is 18.5. The van der Waals surface area contributed by atoms with Crippen LogP contribution < -0.4 is 0 Å². The molecule has 0 aromatic heterocycles. The lowest BCUT2D eigenvalue weighted by molar-refractivity contribution is 0.321. The maximum atomic E-state index is 8.41. The molecule has 0 saturated carbocycles. The van der Waals surface area contributed by atoms with Gasteiger partial charge in [0.25, 0.3) is 0 Å². The van der Waals surface area contributed by atoms with E-state index >= 15 is 0 Å². The molecule has 0 atom stereocenters. The molecule has 0 saturated heterocycles. The lowest BCUT2D eigenvalue weighted by Crippen LogP contribution is -1.88. The summed E-state index contributed by atoms with van der Waals surface area (Å²) in [7, 11) is 0. The molecule has 1 rings (SSSR count). The molecule has 0 bridgehead atoms. The van der Waals surface area contributed by atoms with Gasteiger partial charge in [0.2, 0.25) is 0 Å². The Labute approximate surface area is 70.8 Å². The minimum atomic E-state index is -0.535. The average molecular weight is 161 g/mol. The smallest absolute Gasteiger partial charge is 0.175 e. The van der Waals surface area contributed by atoms with Gasteiger partial charge in [0.1, 0.15) is 0 Å². The second kappa shape index (κ2) is 3.22. The predicted octanol–water partition coefficient (Wildman–Crippen LogP) is 2.06. The minimum absolute atomic E-state index is 0.315. The molecule has 0 heterocycles. The number of hydrogen-bond acceptors (Lipinski definition) is 2. The Kier molecular flexibility index (Phi) is 0.944. The highest BCUT2D eigenvalue weighted by atomic mass is 35.5. The monoisotopic (exact) mass is 160 g/mol. The number of nitrogens with zero attached hydrogens (tertiary/aromatic N) is 1. The number of halogens is 1. The molecule has 0 amide bonds. The summed E-state index contributed by atoms with van der Waals surface area (Å²) in [6.45, 7) is 0. The minimum Gasteiger partial charge on any atom is -0.410 e. The van der Waals surface area contributed by atoms with Gasteiger partial charge in [-0.05, 0) is 0 Å². The second-order valence-electron chi connectivity index (χ2n) is 1.39. The van der Waals surface area contributed by atoms with Gasteiger partial charge < -0.3 is 5.21 Å². The van der Waals surface area contributed by atoms with E-state index in [1.165, 1.54) is 0 Å². The van der Waals surface area contributed by atoms with Crippen LogP contribution in [0.2, 0.25) is 0 Å². The average Bonchev–Trinajstić information content (AvgIpc) is 2.23. The van der Waals surface area contributed by atoms with Crippen LogP contribution in [0.25, 0.3) is 0 Å². The van der Waals surface area contributed by atoms with E-state index in [0.29, 0.717) is 0 Å². The van der Waals surface area contributed by atoms with Gasteiger partial charge in [0, 0.05) is 5.56 Å². The third kappa shape index (κ3) is 1.48. The van der Waals surface area contributed by atoms with Crippen LogP contribution in [0.4, 0.5) is 0 Å². The van der Waals surface area contributed by atoms with Crippen molar-refractivity contribution in [1.82, 2.24) is 0 Å². The summed E-state index contributed by atoms with van der Waals surface area (Å²) >= 11 is 5.43. The Bertz CT molecular complexity index is 418. The Morgan fingerprint density at radius 1 is 1.50 bits per heavy atom. The summed E-state index contributed by atoms with van der Waals surface area (Å²) in [5.74, 6) is 0. The van der Waals surface area contributed by atoms with Gasteiger partial charge in [-0.15, -0.1) is 0 Å². The molecule has 3 heteroatoms. The summed E-state index contributed by atoms with van der Waals surface area (Å²) in [6, 6.07) is -2.55. The summed E-state index contributed by atoms with van der Waals surface area (Å²) in [4.78, 5) is 0. The van der Waals surface area contributed by atoms with Crippen molar-refractivity contribution in [2.24, 2.45) is 5.16 Å². The first-order valence-corrected chi connectivity index (χ1v) is 2.74. The van der Waals surface area contributed by atoms with Gasteiger partial charge in [-0.1, -0.05) is 47.0 Å². The van der Waals surface area contributed by atoms with E-state index in [-0.39, 0.29) is 5.56 Å². The summed E-state index contributed by atoms with van der Waals surface area (Å²) in [5.41, 5.74) is -0.315. The van der Waals surface area contributed by atoms with Crippen molar-refractivity contribution >= 4 is 16.8 Å². The number of oxime groups is 1. The number of hydrogen-bond donors (Lipinski definition) is 1. The predicted molar refractivity (Wildman–Crippen MR) is 40.6 cm³/mol. The van der Waals surface area contributed by atoms with Crippen LogP contribution in [0.3, 0.4) is 0 Å².